The molecule has 0 saturated carbocycles. The van der Waals surface area contributed by atoms with Crippen molar-refractivity contribution in [2.45, 2.75) is 45.1 Å². The number of nitrogens with zero attached hydrogens (tertiary/aromatic N) is 1. The molecule has 1 aromatic rings. The van der Waals surface area contributed by atoms with Crippen molar-refractivity contribution in [1.29, 1.82) is 0 Å². The van der Waals surface area contributed by atoms with E-state index in [-0.39, 0.29) is 6.09 Å². The van der Waals surface area contributed by atoms with E-state index < -0.39 is 5.60 Å². The zero-order chi connectivity index (χ0) is 17.9. The highest BCUT2D eigenvalue weighted by Gasteiger charge is 2.28. The van der Waals surface area contributed by atoms with Gasteiger partial charge in [-0.1, -0.05) is 11.6 Å². The molecule has 1 aliphatic heterocycles. The number of piperidine rings is 1. The summed E-state index contributed by atoms with van der Waals surface area (Å²) in [4.78, 5) is 13.9. The molecule has 5 nitrogen and oxygen atoms in total. The van der Waals surface area contributed by atoms with E-state index in [1.165, 1.54) is 0 Å². The van der Waals surface area contributed by atoms with Crippen LogP contribution in [0.25, 0.3) is 0 Å². The molecule has 0 radical (unpaired) electrons. The summed E-state index contributed by atoms with van der Waals surface area (Å²) in [6.45, 7) is 6.98. The number of rotatable bonds is 3. The third-order valence-corrected chi connectivity index (χ3v) is 4.46. The molecule has 0 unspecified atom stereocenters. The van der Waals surface area contributed by atoms with Crippen LogP contribution in [0.4, 0.5) is 4.79 Å². The van der Waals surface area contributed by atoms with Gasteiger partial charge in [0.2, 0.25) is 0 Å². The molecule has 0 bridgehead atoms. The molecule has 1 aliphatic rings. The highest BCUT2D eigenvalue weighted by Crippen LogP contribution is 2.39. The maximum Gasteiger partial charge on any atom is 0.410 e. The van der Waals surface area contributed by atoms with Gasteiger partial charge in [0.05, 0.1) is 14.2 Å². The molecule has 1 heterocycles. The summed E-state index contributed by atoms with van der Waals surface area (Å²) in [5, 5.41) is 0.481. The van der Waals surface area contributed by atoms with Crippen LogP contribution in [-0.2, 0) is 4.74 Å². The largest absolute Gasteiger partial charge is 0.495 e. The molecule has 6 heteroatoms. The summed E-state index contributed by atoms with van der Waals surface area (Å²) in [6, 6.07) is 3.91. The van der Waals surface area contributed by atoms with E-state index in [0.717, 1.165) is 18.4 Å². The quantitative estimate of drug-likeness (QED) is 0.802. The van der Waals surface area contributed by atoms with Crippen LogP contribution in [0.15, 0.2) is 12.1 Å². The third-order valence-electron chi connectivity index (χ3n) is 4.09. The number of carbonyl (C=O) groups is 1. The number of carbonyl (C=O) groups excluding carboxylic acids is 1. The van der Waals surface area contributed by atoms with Crippen LogP contribution < -0.4 is 9.47 Å². The van der Waals surface area contributed by atoms with Crippen molar-refractivity contribution in [2.24, 2.45) is 0 Å². The minimum atomic E-state index is -0.467. The van der Waals surface area contributed by atoms with Crippen LogP contribution in [0.2, 0.25) is 5.02 Å². The van der Waals surface area contributed by atoms with Crippen LogP contribution in [0.1, 0.15) is 45.1 Å². The van der Waals surface area contributed by atoms with Gasteiger partial charge in [-0.15, -0.1) is 0 Å². The van der Waals surface area contributed by atoms with Crippen LogP contribution in [0.5, 0.6) is 11.5 Å². The number of benzene rings is 1. The second-order valence-corrected chi connectivity index (χ2v) is 7.36. The summed E-state index contributed by atoms with van der Waals surface area (Å²) < 4.78 is 16.1. The summed E-state index contributed by atoms with van der Waals surface area (Å²) in [7, 11) is 3.19. The molecule has 1 fully saturated rings. The Morgan fingerprint density at radius 2 is 1.62 bits per heavy atom. The minimum Gasteiger partial charge on any atom is -0.495 e. The first-order valence-corrected chi connectivity index (χ1v) is 8.52. The number of hydrogen-bond donors (Lipinski definition) is 0. The molecule has 1 saturated heterocycles. The number of methoxy groups -OCH3 is 2. The van der Waals surface area contributed by atoms with Crippen molar-refractivity contribution in [3.8, 4) is 11.5 Å². The lowest BCUT2D eigenvalue weighted by molar-refractivity contribution is 0.0204. The first-order chi connectivity index (χ1) is 11.2. The Balaban J connectivity index is 2.06. The van der Waals surface area contributed by atoms with Gasteiger partial charge in [0.15, 0.2) is 0 Å². The Kier molecular flexibility index (Phi) is 5.86. The molecular weight excluding hydrogens is 330 g/mol. The second-order valence-electron chi connectivity index (χ2n) is 6.98. The average Bonchev–Trinajstić information content (AvgIpc) is 2.53. The second kappa shape index (κ2) is 7.51. The van der Waals surface area contributed by atoms with Gasteiger partial charge in [-0.2, -0.15) is 0 Å². The van der Waals surface area contributed by atoms with E-state index in [2.05, 4.69) is 0 Å². The average molecular weight is 356 g/mol. The first kappa shape index (κ1) is 18.7. The molecule has 1 amide bonds. The zero-order valence-corrected chi connectivity index (χ0v) is 15.8. The highest BCUT2D eigenvalue weighted by molar-refractivity contribution is 6.33. The fraction of sp³-hybridized carbons (Fsp3) is 0.611. The van der Waals surface area contributed by atoms with Crippen molar-refractivity contribution >= 4 is 17.7 Å². The number of likely N-dealkylation sites (tertiary alicyclic amines) is 1. The maximum absolute atomic E-state index is 12.1. The van der Waals surface area contributed by atoms with Gasteiger partial charge in [0, 0.05) is 13.1 Å². The van der Waals surface area contributed by atoms with Crippen LogP contribution in [-0.4, -0.2) is 43.9 Å². The molecule has 2 rings (SSSR count). The smallest absolute Gasteiger partial charge is 0.410 e. The van der Waals surface area contributed by atoms with E-state index in [1.54, 1.807) is 19.1 Å². The molecule has 24 heavy (non-hydrogen) atoms. The molecule has 0 atom stereocenters. The lowest BCUT2D eigenvalue weighted by Gasteiger charge is -2.33. The van der Waals surface area contributed by atoms with E-state index in [4.69, 9.17) is 25.8 Å². The Morgan fingerprint density at radius 3 is 2.04 bits per heavy atom. The van der Waals surface area contributed by atoms with Crippen molar-refractivity contribution in [3.05, 3.63) is 22.7 Å². The minimum absolute atomic E-state index is 0.243. The van der Waals surface area contributed by atoms with E-state index in [9.17, 15) is 4.79 Å². The van der Waals surface area contributed by atoms with E-state index in [0.29, 0.717) is 35.5 Å². The van der Waals surface area contributed by atoms with Crippen LogP contribution in [0, 0.1) is 0 Å². The van der Waals surface area contributed by atoms with Gasteiger partial charge < -0.3 is 19.1 Å². The fourth-order valence-corrected chi connectivity index (χ4v) is 3.11. The van der Waals surface area contributed by atoms with Crippen molar-refractivity contribution in [3.63, 3.8) is 0 Å². The Hall–Kier alpha value is -1.62. The Labute approximate surface area is 148 Å². The van der Waals surface area contributed by atoms with Gasteiger partial charge in [-0.3, -0.25) is 0 Å². The topological polar surface area (TPSA) is 48.0 Å². The number of halogens is 1. The first-order valence-electron chi connectivity index (χ1n) is 8.14. The van der Waals surface area contributed by atoms with Crippen molar-refractivity contribution in [1.82, 2.24) is 4.90 Å². The summed E-state index contributed by atoms with van der Waals surface area (Å²) >= 11 is 6.23. The van der Waals surface area contributed by atoms with E-state index in [1.807, 2.05) is 32.9 Å². The zero-order valence-electron chi connectivity index (χ0n) is 15.0. The SMILES string of the molecule is COc1cc(C2CCN(C(=O)OC(C)(C)C)CC2)cc(OC)c1Cl. The summed E-state index contributed by atoms with van der Waals surface area (Å²) in [6.07, 6.45) is 1.49. The molecule has 0 aromatic heterocycles. The summed E-state index contributed by atoms with van der Waals surface area (Å²) in [5.74, 6) is 1.56. The summed E-state index contributed by atoms with van der Waals surface area (Å²) in [5.41, 5.74) is 0.655. The lowest BCUT2D eigenvalue weighted by Crippen LogP contribution is -2.41. The maximum atomic E-state index is 12.1. The predicted octanol–water partition coefficient (Wildman–Crippen LogP) is 4.47. The molecule has 134 valence electrons. The fourth-order valence-electron chi connectivity index (χ4n) is 2.85. The normalized spacial score (nSPS) is 16.0. The molecular formula is C18H26ClNO4. The molecule has 0 N–H and O–H groups in total. The van der Waals surface area contributed by atoms with Crippen molar-refractivity contribution < 1.29 is 19.0 Å². The molecule has 0 spiro atoms. The Morgan fingerprint density at radius 1 is 1.12 bits per heavy atom. The number of ether oxygens (including phenoxy) is 3. The van der Waals surface area contributed by atoms with Gasteiger partial charge in [-0.05, 0) is 57.2 Å². The molecule has 1 aromatic carbocycles. The van der Waals surface area contributed by atoms with E-state index >= 15 is 0 Å². The van der Waals surface area contributed by atoms with Gasteiger partial charge in [0.25, 0.3) is 0 Å². The lowest BCUT2D eigenvalue weighted by atomic mass is 9.89. The monoisotopic (exact) mass is 355 g/mol. The standard InChI is InChI=1S/C18H26ClNO4/c1-18(2,3)24-17(21)20-8-6-12(7-9-20)13-10-14(22-4)16(19)15(11-13)23-5/h10-12H,6-9H2,1-5H3. The van der Waals surface area contributed by atoms with Crippen LogP contribution in [0.3, 0.4) is 0 Å². The van der Waals surface area contributed by atoms with Crippen LogP contribution >= 0.6 is 11.6 Å². The number of amides is 1. The Bertz CT molecular complexity index is 564. The van der Waals surface area contributed by atoms with Gasteiger partial charge >= 0.3 is 6.09 Å². The van der Waals surface area contributed by atoms with Crippen molar-refractivity contribution in [2.75, 3.05) is 27.3 Å². The highest BCUT2D eigenvalue weighted by atomic mass is 35.5. The number of hydrogen-bond acceptors (Lipinski definition) is 4. The predicted molar refractivity (Wildman–Crippen MR) is 94.3 cm³/mol. The third kappa shape index (κ3) is 4.47. The van der Waals surface area contributed by atoms with Gasteiger partial charge in [-0.25, -0.2) is 4.79 Å². The molecule has 0 aliphatic carbocycles. The van der Waals surface area contributed by atoms with Gasteiger partial charge in [0.1, 0.15) is 22.1 Å².